The lowest BCUT2D eigenvalue weighted by molar-refractivity contribution is -0.141. The van der Waals surface area contributed by atoms with Gasteiger partial charge in [0, 0.05) is 12.4 Å². The molecule has 0 aromatic carbocycles. The van der Waals surface area contributed by atoms with Crippen LogP contribution in [0.5, 0.6) is 5.88 Å². The monoisotopic (exact) mass is 307 g/mol. The van der Waals surface area contributed by atoms with E-state index in [0.29, 0.717) is 5.56 Å². The Morgan fingerprint density at radius 2 is 2.18 bits per heavy atom. The molecule has 22 heavy (non-hydrogen) atoms. The van der Waals surface area contributed by atoms with Crippen LogP contribution in [0.2, 0.25) is 0 Å². The third kappa shape index (κ3) is 2.05. The number of ether oxygens (including phenoxy) is 1. The van der Waals surface area contributed by atoms with Gasteiger partial charge in [0.15, 0.2) is 0 Å². The largest absolute Gasteiger partial charge is 0.433 e. The van der Waals surface area contributed by atoms with Gasteiger partial charge in [-0.05, 0) is 11.6 Å². The normalized spacial score (nSPS) is 17.6. The summed E-state index contributed by atoms with van der Waals surface area (Å²) in [6.07, 6.45) is -1.79. The molecule has 0 saturated carbocycles. The van der Waals surface area contributed by atoms with Crippen molar-refractivity contribution in [1.29, 1.82) is 5.26 Å². The van der Waals surface area contributed by atoms with Crippen molar-refractivity contribution in [3.8, 4) is 11.9 Å². The van der Waals surface area contributed by atoms with Crippen LogP contribution in [0.15, 0.2) is 36.0 Å². The lowest BCUT2D eigenvalue weighted by Crippen LogP contribution is -2.23. The molecular formula is C13H8F3N5O. The Labute approximate surface area is 122 Å². The number of nitrogens with zero attached hydrogens (tertiary/aromatic N) is 3. The molecule has 9 heteroatoms. The number of allylic oxidation sites excluding steroid dienone is 2. The van der Waals surface area contributed by atoms with Gasteiger partial charge in [-0.2, -0.15) is 18.4 Å². The van der Waals surface area contributed by atoms with E-state index < -0.39 is 17.8 Å². The first-order valence-corrected chi connectivity index (χ1v) is 6.06. The number of rotatable bonds is 1. The molecule has 1 aliphatic rings. The van der Waals surface area contributed by atoms with Gasteiger partial charge < -0.3 is 10.5 Å². The molecule has 3 heterocycles. The molecule has 0 saturated heterocycles. The summed E-state index contributed by atoms with van der Waals surface area (Å²) >= 11 is 0. The second-order valence-electron chi connectivity index (χ2n) is 4.53. The number of nitrogens with two attached hydrogens (primary N) is 1. The number of fused-ring (bicyclic) bond motifs is 1. The predicted octanol–water partition coefficient (Wildman–Crippen LogP) is 2.04. The molecule has 2 aromatic rings. The molecule has 0 spiro atoms. The molecule has 6 nitrogen and oxygen atoms in total. The number of aromatic amines is 1. The number of alkyl halides is 3. The van der Waals surface area contributed by atoms with E-state index in [4.69, 9.17) is 15.7 Å². The van der Waals surface area contributed by atoms with Crippen molar-refractivity contribution in [2.75, 3.05) is 0 Å². The van der Waals surface area contributed by atoms with Gasteiger partial charge in [-0.3, -0.25) is 10.1 Å². The maximum Gasteiger partial charge on any atom is 0.433 e. The van der Waals surface area contributed by atoms with Crippen molar-refractivity contribution in [3.63, 3.8) is 0 Å². The van der Waals surface area contributed by atoms with Crippen molar-refractivity contribution in [2.45, 2.75) is 12.1 Å². The summed E-state index contributed by atoms with van der Waals surface area (Å²) in [7, 11) is 0. The van der Waals surface area contributed by atoms with E-state index >= 15 is 0 Å². The summed E-state index contributed by atoms with van der Waals surface area (Å²) in [6.45, 7) is 0. The average Bonchev–Trinajstić information content (AvgIpc) is 2.91. The van der Waals surface area contributed by atoms with Gasteiger partial charge in [0.2, 0.25) is 11.6 Å². The zero-order chi connectivity index (χ0) is 15.9. The van der Waals surface area contributed by atoms with Crippen molar-refractivity contribution < 1.29 is 17.9 Å². The first-order valence-electron chi connectivity index (χ1n) is 6.06. The maximum atomic E-state index is 13.1. The third-order valence-corrected chi connectivity index (χ3v) is 3.23. The third-order valence-electron chi connectivity index (χ3n) is 3.23. The van der Waals surface area contributed by atoms with Crippen molar-refractivity contribution >= 4 is 0 Å². The fourth-order valence-corrected chi connectivity index (χ4v) is 2.32. The van der Waals surface area contributed by atoms with E-state index in [0.717, 1.165) is 0 Å². The molecular weight excluding hydrogens is 299 g/mol. The van der Waals surface area contributed by atoms with Gasteiger partial charge in [0.1, 0.15) is 11.8 Å². The van der Waals surface area contributed by atoms with E-state index in [1.165, 1.54) is 12.4 Å². The Hall–Kier alpha value is -3.02. The van der Waals surface area contributed by atoms with Gasteiger partial charge in [-0.25, -0.2) is 0 Å². The lowest BCUT2D eigenvalue weighted by Gasteiger charge is -2.24. The number of hydrogen-bond donors (Lipinski definition) is 2. The van der Waals surface area contributed by atoms with Crippen LogP contribution in [0.25, 0.3) is 0 Å². The number of halogens is 3. The number of aromatic nitrogens is 3. The maximum absolute atomic E-state index is 13.1. The summed E-state index contributed by atoms with van der Waals surface area (Å²) < 4.78 is 44.5. The average molecular weight is 307 g/mol. The molecule has 3 N–H and O–H groups in total. The number of hydrogen-bond acceptors (Lipinski definition) is 5. The quantitative estimate of drug-likeness (QED) is 0.839. The zero-order valence-electron chi connectivity index (χ0n) is 10.8. The van der Waals surface area contributed by atoms with Gasteiger partial charge in [0.25, 0.3) is 0 Å². The number of nitrogens with one attached hydrogen (secondary N) is 1. The molecule has 0 fully saturated rings. The molecule has 3 rings (SSSR count). The lowest BCUT2D eigenvalue weighted by atomic mass is 9.87. The summed E-state index contributed by atoms with van der Waals surface area (Å²) in [4.78, 5) is 3.88. The fraction of sp³-hybridized carbons (Fsp3) is 0.154. The highest BCUT2D eigenvalue weighted by Gasteiger charge is 2.44. The number of pyridine rings is 1. The number of H-pyrrole nitrogens is 1. The highest BCUT2D eigenvalue weighted by molar-refractivity contribution is 5.52. The highest BCUT2D eigenvalue weighted by atomic mass is 19.4. The SMILES string of the molecule is N#CC1=C(N)C(c2cccnc2)c2c(n[nH]c2C(F)(F)F)O1. The number of nitriles is 1. The van der Waals surface area contributed by atoms with Crippen LogP contribution in [0.4, 0.5) is 13.2 Å². The summed E-state index contributed by atoms with van der Waals surface area (Å²) in [6, 6.07) is 4.86. The molecule has 1 unspecified atom stereocenters. The van der Waals surface area contributed by atoms with Gasteiger partial charge in [-0.15, -0.1) is 5.10 Å². The predicted molar refractivity (Wildman–Crippen MR) is 67.1 cm³/mol. The smallest absolute Gasteiger partial charge is 0.424 e. The van der Waals surface area contributed by atoms with E-state index in [-0.39, 0.29) is 22.9 Å². The van der Waals surface area contributed by atoms with Gasteiger partial charge >= 0.3 is 6.18 Å². The van der Waals surface area contributed by atoms with Crippen LogP contribution in [0.1, 0.15) is 22.7 Å². The van der Waals surface area contributed by atoms with Crippen LogP contribution in [-0.4, -0.2) is 15.2 Å². The van der Waals surface area contributed by atoms with Crippen LogP contribution in [0, 0.1) is 11.3 Å². The molecule has 0 amide bonds. The van der Waals surface area contributed by atoms with Gasteiger partial charge in [-0.1, -0.05) is 6.07 Å². The van der Waals surface area contributed by atoms with Crippen molar-refractivity contribution in [2.24, 2.45) is 5.73 Å². The van der Waals surface area contributed by atoms with Crippen molar-refractivity contribution in [3.05, 3.63) is 52.8 Å². The minimum absolute atomic E-state index is 0.116. The van der Waals surface area contributed by atoms with E-state index in [1.54, 1.807) is 18.2 Å². The van der Waals surface area contributed by atoms with E-state index in [2.05, 4.69) is 10.1 Å². The molecule has 2 aromatic heterocycles. The Kier molecular flexibility index (Phi) is 3.02. The Morgan fingerprint density at radius 1 is 1.41 bits per heavy atom. The Bertz CT molecular complexity index is 788. The highest BCUT2D eigenvalue weighted by Crippen LogP contribution is 2.45. The first-order chi connectivity index (χ1) is 10.4. The van der Waals surface area contributed by atoms with Crippen LogP contribution >= 0.6 is 0 Å². The van der Waals surface area contributed by atoms with E-state index in [9.17, 15) is 13.2 Å². The van der Waals surface area contributed by atoms with Gasteiger partial charge in [0.05, 0.1) is 17.2 Å². The standard InChI is InChI=1S/C13H8F3N5O/c14-13(15,16)11-9-8(6-2-1-3-19-5-6)10(18)7(4-17)22-12(9)21-20-11/h1-3,5,8H,18H2,(H,20,21). The Balaban J connectivity index is 2.26. The zero-order valence-corrected chi connectivity index (χ0v) is 10.8. The van der Waals surface area contributed by atoms with Crippen LogP contribution < -0.4 is 10.5 Å². The molecule has 1 atom stereocenters. The second-order valence-corrected chi connectivity index (χ2v) is 4.53. The van der Waals surface area contributed by atoms with Crippen LogP contribution in [-0.2, 0) is 6.18 Å². The van der Waals surface area contributed by atoms with E-state index in [1.807, 2.05) is 5.10 Å². The minimum Gasteiger partial charge on any atom is -0.424 e. The topological polar surface area (TPSA) is 101 Å². The minimum atomic E-state index is -4.66. The molecule has 1 aliphatic heterocycles. The first kappa shape index (κ1) is 13.9. The molecule has 0 radical (unpaired) electrons. The summed E-state index contributed by atoms with van der Waals surface area (Å²) in [5.74, 6) is -1.60. The van der Waals surface area contributed by atoms with Crippen molar-refractivity contribution in [1.82, 2.24) is 15.2 Å². The molecule has 112 valence electrons. The second kappa shape index (κ2) is 4.77. The summed E-state index contributed by atoms with van der Waals surface area (Å²) in [5, 5.41) is 14.4. The molecule has 0 bridgehead atoms. The Morgan fingerprint density at radius 3 is 2.77 bits per heavy atom. The fourth-order valence-electron chi connectivity index (χ4n) is 2.32. The molecule has 0 aliphatic carbocycles. The van der Waals surface area contributed by atoms with Crippen LogP contribution in [0.3, 0.4) is 0 Å². The summed E-state index contributed by atoms with van der Waals surface area (Å²) in [5.41, 5.74) is 4.83.